The first-order valence-electron chi connectivity index (χ1n) is 16.0. The highest BCUT2D eigenvalue weighted by atomic mass is 16.1. The number of anilines is 6. The van der Waals surface area contributed by atoms with Crippen LogP contribution in [-0.2, 0) is 12.8 Å². The van der Waals surface area contributed by atoms with E-state index in [2.05, 4.69) is 147 Å². The Morgan fingerprint density at radius 2 is 0.783 bits per heavy atom. The van der Waals surface area contributed by atoms with Gasteiger partial charge in [0.15, 0.2) is 0 Å². The first-order valence-corrected chi connectivity index (χ1v) is 16.0. The minimum absolute atomic E-state index is 0.687. The summed E-state index contributed by atoms with van der Waals surface area (Å²) in [6.07, 6.45) is 2.86. The number of hydrogen-bond donors (Lipinski definition) is 0. The molecular weight excluding hydrogens is 560 g/mol. The molecule has 0 saturated heterocycles. The number of nitrogens with zero attached hydrogens (tertiary/aromatic N) is 2. The number of para-hydroxylation sites is 5. The zero-order valence-electron chi connectivity index (χ0n) is 27.2. The molecular formula is C43H42N2O. The van der Waals surface area contributed by atoms with Gasteiger partial charge in [-0.25, -0.2) is 0 Å². The maximum atomic E-state index is 11.0. The van der Waals surface area contributed by atoms with Crippen LogP contribution in [-0.4, -0.2) is 6.29 Å². The summed E-state index contributed by atoms with van der Waals surface area (Å²) in [6.45, 7) is 8.72. The van der Waals surface area contributed by atoms with Crippen molar-refractivity contribution in [2.24, 2.45) is 0 Å². The smallest absolute Gasteiger partial charge is 0.150 e. The van der Waals surface area contributed by atoms with Crippen molar-refractivity contribution in [2.75, 3.05) is 9.80 Å². The summed E-state index contributed by atoms with van der Waals surface area (Å²) in [5.41, 5.74) is 12.9. The monoisotopic (exact) mass is 602 g/mol. The van der Waals surface area contributed by atoms with Crippen molar-refractivity contribution in [1.29, 1.82) is 0 Å². The molecule has 0 bridgehead atoms. The molecule has 230 valence electrons. The van der Waals surface area contributed by atoms with Gasteiger partial charge in [0.1, 0.15) is 6.29 Å². The zero-order valence-corrected chi connectivity index (χ0v) is 27.2. The molecule has 0 fully saturated rings. The standard InChI is InChI=1S/C22H21NO.C21H21N/c1-3-19-9-7-8-17(2)22(19)23(20-10-5-4-6-11-20)21-14-12-18(16-24)13-15-21;1-3-18-12-10-11-17(2)21(18)22(19-13-6-4-7-14-19)20-15-8-5-9-16-20/h4-16H,3H2,1-2H3;4-16H,3H2,1-2H3. The van der Waals surface area contributed by atoms with Gasteiger partial charge < -0.3 is 9.80 Å². The Morgan fingerprint density at radius 3 is 1.11 bits per heavy atom. The van der Waals surface area contributed by atoms with E-state index in [9.17, 15) is 4.79 Å². The normalized spacial score (nSPS) is 10.4. The van der Waals surface area contributed by atoms with E-state index in [1.165, 1.54) is 45.0 Å². The molecule has 0 aliphatic carbocycles. The molecule has 0 unspecified atom stereocenters. The van der Waals surface area contributed by atoms with E-state index in [4.69, 9.17) is 0 Å². The lowest BCUT2D eigenvalue weighted by atomic mass is 10.0. The predicted molar refractivity (Wildman–Crippen MR) is 196 cm³/mol. The van der Waals surface area contributed by atoms with E-state index >= 15 is 0 Å². The summed E-state index contributed by atoms with van der Waals surface area (Å²) in [5.74, 6) is 0. The van der Waals surface area contributed by atoms with Crippen molar-refractivity contribution in [3.8, 4) is 0 Å². The number of aldehydes is 1. The quantitative estimate of drug-likeness (QED) is 0.154. The van der Waals surface area contributed by atoms with E-state index in [1.54, 1.807) is 0 Å². The number of benzene rings is 6. The maximum Gasteiger partial charge on any atom is 0.150 e. The Hall–Kier alpha value is -5.41. The Labute approximate surface area is 274 Å². The summed E-state index contributed by atoms with van der Waals surface area (Å²) in [7, 11) is 0. The predicted octanol–water partition coefficient (Wildman–Crippen LogP) is 11.9. The van der Waals surface area contributed by atoms with Crippen LogP contribution < -0.4 is 9.80 Å². The number of rotatable bonds is 9. The molecule has 0 heterocycles. The van der Waals surface area contributed by atoms with Crippen molar-refractivity contribution >= 4 is 40.4 Å². The summed E-state index contributed by atoms with van der Waals surface area (Å²) >= 11 is 0. The molecule has 0 saturated carbocycles. The second-order valence-electron chi connectivity index (χ2n) is 11.3. The van der Waals surface area contributed by atoms with Crippen molar-refractivity contribution in [2.45, 2.75) is 40.5 Å². The van der Waals surface area contributed by atoms with Crippen LogP contribution in [0.4, 0.5) is 34.1 Å². The van der Waals surface area contributed by atoms with E-state index in [0.29, 0.717) is 5.56 Å². The average molecular weight is 603 g/mol. The third-order valence-electron chi connectivity index (χ3n) is 8.18. The lowest BCUT2D eigenvalue weighted by Crippen LogP contribution is -2.13. The van der Waals surface area contributed by atoms with Crippen molar-refractivity contribution in [3.05, 3.63) is 179 Å². The fourth-order valence-electron chi connectivity index (χ4n) is 5.90. The molecule has 0 aliphatic rings. The van der Waals surface area contributed by atoms with Gasteiger partial charge in [0.05, 0.1) is 11.4 Å². The van der Waals surface area contributed by atoms with Gasteiger partial charge >= 0.3 is 0 Å². The first-order chi connectivity index (χ1) is 22.5. The third-order valence-corrected chi connectivity index (χ3v) is 8.18. The largest absolute Gasteiger partial charge is 0.310 e. The summed E-state index contributed by atoms with van der Waals surface area (Å²) in [6, 6.07) is 52.2. The van der Waals surface area contributed by atoms with Gasteiger partial charge in [-0.1, -0.05) is 105 Å². The first kappa shape index (κ1) is 32.0. The lowest BCUT2D eigenvalue weighted by molar-refractivity contribution is 0.112. The number of carbonyl (C=O) groups is 1. The molecule has 0 atom stereocenters. The van der Waals surface area contributed by atoms with Crippen molar-refractivity contribution < 1.29 is 4.79 Å². The van der Waals surface area contributed by atoms with Crippen molar-refractivity contribution in [1.82, 2.24) is 0 Å². The molecule has 6 aromatic rings. The van der Waals surface area contributed by atoms with Gasteiger partial charge in [-0.2, -0.15) is 0 Å². The minimum Gasteiger partial charge on any atom is -0.310 e. The molecule has 0 N–H and O–H groups in total. The average Bonchev–Trinajstić information content (AvgIpc) is 3.12. The molecule has 46 heavy (non-hydrogen) atoms. The fraction of sp³-hybridized carbons (Fsp3) is 0.140. The Kier molecular flexibility index (Phi) is 10.8. The van der Waals surface area contributed by atoms with Gasteiger partial charge in [0, 0.05) is 28.3 Å². The van der Waals surface area contributed by atoms with Gasteiger partial charge in [-0.3, -0.25) is 4.79 Å². The molecule has 0 amide bonds. The van der Waals surface area contributed by atoms with Crippen molar-refractivity contribution in [3.63, 3.8) is 0 Å². The van der Waals surface area contributed by atoms with E-state index in [-0.39, 0.29) is 0 Å². The lowest BCUT2D eigenvalue weighted by Gasteiger charge is -2.29. The summed E-state index contributed by atoms with van der Waals surface area (Å²) in [4.78, 5) is 15.6. The SMILES string of the molecule is CCc1cccc(C)c1N(c1ccccc1)c1ccc(C=O)cc1.CCc1cccc(C)c1N(c1ccccc1)c1ccccc1. The van der Waals surface area contributed by atoms with Crippen LogP contribution in [0.3, 0.4) is 0 Å². The molecule has 0 aliphatic heterocycles. The molecule has 3 heteroatoms. The van der Waals surface area contributed by atoms with Crippen LogP contribution in [0.25, 0.3) is 0 Å². The Morgan fingerprint density at radius 1 is 0.435 bits per heavy atom. The summed E-state index contributed by atoms with van der Waals surface area (Å²) in [5, 5.41) is 0. The van der Waals surface area contributed by atoms with E-state index in [0.717, 1.165) is 30.5 Å². The molecule has 0 radical (unpaired) electrons. The van der Waals surface area contributed by atoms with Crippen LogP contribution in [0.2, 0.25) is 0 Å². The van der Waals surface area contributed by atoms with Gasteiger partial charge in [0.25, 0.3) is 0 Å². The Balaban J connectivity index is 0.000000182. The minimum atomic E-state index is 0.687. The van der Waals surface area contributed by atoms with Crippen LogP contribution in [0, 0.1) is 13.8 Å². The molecule has 0 aromatic heterocycles. The second-order valence-corrected chi connectivity index (χ2v) is 11.3. The van der Waals surface area contributed by atoms with E-state index in [1.807, 2.05) is 42.5 Å². The highest BCUT2D eigenvalue weighted by Crippen LogP contribution is 2.40. The Bertz CT molecular complexity index is 1790. The number of carbonyl (C=O) groups excluding carboxylic acids is 1. The second kappa shape index (κ2) is 15.5. The third kappa shape index (κ3) is 7.27. The number of aryl methyl sites for hydroxylation is 4. The molecule has 6 aromatic carbocycles. The number of hydrogen-bond acceptors (Lipinski definition) is 3. The van der Waals surface area contributed by atoms with Crippen LogP contribution in [0.15, 0.2) is 152 Å². The molecule has 6 rings (SSSR count). The fourth-order valence-corrected chi connectivity index (χ4v) is 5.90. The van der Waals surface area contributed by atoms with E-state index < -0.39 is 0 Å². The molecule has 0 spiro atoms. The van der Waals surface area contributed by atoms with Gasteiger partial charge in [-0.15, -0.1) is 0 Å². The van der Waals surface area contributed by atoms with Gasteiger partial charge in [-0.05, 0) is 110 Å². The summed E-state index contributed by atoms with van der Waals surface area (Å²) < 4.78 is 0. The highest BCUT2D eigenvalue weighted by molar-refractivity contribution is 5.83. The molecule has 3 nitrogen and oxygen atoms in total. The highest BCUT2D eigenvalue weighted by Gasteiger charge is 2.18. The van der Waals surface area contributed by atoms with Crippen LogP contribution in [0.5, 0.6) is 0 Å². The maximum absolute atomic E-state index is 11.0. The zero-order chi connectivity index (χ0) is 32.3. The van der Waals surface area contributed by atoms with Crippen LogP contribution >= 0.6 is 0 Å². The van der Waals surface area contributed by atoms with Gasteiger partial charge in [0.2, 0.25) is 0 Å². The van der Waals surface area contributed by atoms with Crippen LogP contribution in [0.1, 0.15) is 46.5 Å². The topological polar surface area (TPSA) is 23.6 Å².